The molecule has 0 spiro atoms. The fourth-order valence-corrected chi connectivity index (χ4v) is 3.69. The normalized spacial score (nSPS) is 15.4. The number of ether oxygens (including phenoxy) is 1. The van der Waals surface area contributed by atoms with E-state index in [4.69, 9.17) is 4.74 Å². The lowest BCUT2D eigenvalue weighted by molar-refractivity contribution is -0.125. The average molecular weight is 397 g/mol. The van der Waals surface area contributed by atoms with Crippen molar-refractivity contribution < 1.29 is 14.3 Å². The maximum atomic E-state index is 12.6. The van der Waals surface area contributed by atoms with Crippen molar-refractivity contribution in [3.8, 4) is 11.3 Å². The van der Waals surface area contributed by atoms with Crippen LogP contribution in [-0.2, 0) is 9.53 Å². The standard InChI is InChI=1S/C24H19N3O3/c28-21(22-6-3-11-30-22)14-25-24(29)18-9-10-20-19(13-18)23(27-26-20)17-8-7-15-4-1-2-5-16(15)12-17/h1-5,7-13,22H,6,14H2,(H,25,29)(H,26,27). The van der Waals surface area contributed by atoms with E-state index in [1.165, 1.54) is 6.26 Å². The van der Waals surface area contributed by atoms with E-state index in [1.54, 1.807) is 18.2 Å². The van der Waals surface area contributed by atoms with Gasteiger partial charge in [0.1, 0.15) is 0 Å². The number of hydrogen-bond donors (Lipinski definition) is 2. The highest BCUT2D eigenvalue weighted by Gasteiger charge is 2.21. The molecule has 30 heavy (non-hydrogen) atoms. The highest BCUT2D eigenvalue weighted by Crippen LogP contribution is 2.29. The summed E-state index contributed by atoms with van der Waals surface area (Å²) in [5, 5.41) is 13.3. The maximum absolute atomic E-state index is 12.6. The number of ketones is 1. The molecule has 6 heteroatoms. The van der Waals surface area contributed by atoms with Gasteiger partial charge >= 0.3 is 0 Å². The number of nitrogens with one attached hydrogen (secondary N) is 2. The zero-order chi connectivity index (χ0) is 20.5. The van der Waals surface area contributed by atoms with Crippen LogP contribution in [-0.4, -0.2) is 34.5 Å². The molecule has 1 unspecified atom stereocenters. The predicted molar refractivity (Wildman–Crippen MR) is 115 cm³/mol. The van der Waals surface area contributed by atoms with Crippen LogP contribution in [0.2, 0.25) is 0 Å². The largest absolute Gasteiger partial charge is 0.490 e. The van der Waals surface area contributed by atoms with Crippen LogP contribution in [0.25, 0.3) is 32.9 Å². The number of nitrogens with zero attached hydrogens (tertiary/aromatic N) is 1. The zero-order valence-electron chi connectivity index (χ0n) is 16.1. The summed E-state index contributed by atoms with van der Waals surface area (Å²) in [7, 11) is 0. The third-order valence-electron chi connectivity index (χ3n) is 5.32. The second kappa shape index (κ2) is 7.48. The number of aromatic nitrogens is 2. The molecule has 0 aliphatic carbocycles. The molecular formula is C24H19N3O3. The number of benzene rings is 3. The molecule has 1 aromatic heterocycles. The van der Waals surface area contributed by atoms with Gasteiger partial charge < -0.3 is 10.1 Å². The number of Topliss-reactive ketones (excluding diaryl/α,β-unsaturated/α-hetero) is 1. The smallest absolute Gasteiger partial charge is 0.251 e. The van der Waals surface area contributed by atoms with E-state index in [0.717, 1.165) is 32.9 Å². The first kappa shape index (κ1) is 18.1. The highest BCUT2D eigenvalue weighted by molar-refractivity contribution is 6.03. The molecule has 2 N–H and O–H groups in total. The Kier molecular flexibility index (Phi) is 4.52. The third-order valence-corrected chi connectivity index (χ3v) is 5.32. The summed E-state index contributed by atoms with van der Waals surface area (Å²) < 4.78 is 5.20. The van der Waals surface area contributed by atoms with Gasteiger partial charge in [-0.1, -0.05) is 36.4 Å². The number of aromatic amines is 1. The highest BCUT2D eigenvalue weighted by atomic mass is 16.5. The van der Waals surface area contributed by atoms with Crippen molar-refractivity contribution >= 4 is 33.4 Å². The summed E-state index contributed by atoms with van der Waals surface area (Å²) in [6.07, 6.45) is 3.36. The van der Waals surface area contributed by atoms with Crippen LogP contribution in [0.3, 0.4) is 0 Å². The number of rotatable bonds is 5. The van der Waals surface area contributed by atoms with Gasteiger partial charge in [0.2, 0.25) is 0 Å². The van der Waals surface area contributed by atoms with Crippen molar-refractivity contribution in [3.63, 3.8) is 0 Å². The molecule has 2 heterocycles. The van der Waals surface area contributed by atoms with Crippen molar-refractivity contribution in [1.29, 1.82) is 0 Å². The number of H-pyrrole nitrogens is 1. The van der Waals surface area contributed by atoms with Crippen molar-refractivity contribution in [3.05, 3.63) is 78.6 Å². The fourth-order valence-electron chi connectivity index (χ4n) is 3.69. The predicted octanol–water partition coefficient (Wildman–Crippen LogP) is 3.98. The van der Waals surface area contributed by atoms with Gasteiger partial charge in [-0.05, 0) is 41.1 Å². The van der Waals surface area contributed by atoms with Gasteiger partial charge in [-0.2, -0.15) is 5.10 Å². The van der Waals surface area contributed by atoms with Crippen LogP contribution >= 0.6 is 0 Å². The van der Waals surface area contributed by atoms with Gasteiger partial charge in [0.05, 0.1) is 24.0 Å². The Morgan fingerprint density at radius 2 is 1.93 bits per heavy atom. The Morgan fingerprint density at radius 1 is 1.07 bits per heavy atom. The summed E-state index contributed by atoms with van der Waals surface area (Å²) in [6.45, 7) is -0.0634. The first-order chi connectivity index (χ1) is 14.7. The lowest BCUT2D eigenvalue weighted by Crippen LogP contribution is -2.35. The maximum Gasteiger partial charge on any atom is 0.251 e. The van der Waals surface area contributed by atoms with E-state index in [1.807, 2.05) is 24.3 Å². The molecule has 0 saturated heterocycles. The van der Waals surface area contributed by atoms with Gasteiger partial charge in [-0.25, -0.2) is 0 Å². The molecule has 5 rings (SSSR count). The fraction of sp³-hybridized carbons (Fsp3) is 0.125. The van der Waals surface area contributed by atoms with Crippen LogP contribution in [0.4, 0.5) is 0 Å². The minimum atomic E-state index is -0.499. The minimum Gasteiger partial charge on any atom is -0.490 e. The molecule has 3 aromatic carbocycles. The monoisotopic (exact) mass is 397 g/mol. The summed E-state index contributed by atoms with van der Waals surface area (Å²) >= 11 is 0. The first-order valence-corrected chi connectivity index (χ1v) is 9.78. The molecule has 4 aromatic rings. The molecule has 0 bridgehead atoms. The first-order valence-electron chi connectivity index (χ1n) is 9.78. The molecular weight excluding hydrogens is 378 g/mol. The molecule has 6 nitrogen and oxygen atoms in total. The Balaban J connectivity index is 1.40. The van der Waals surface area contributed by atoms with Crippen LogP contribution < -0.4 is 5.32 Å². The van der Waals surface area contributed by atoms with Gasteiger partial charge in [0.25, 0.3) is 5.91 Å². The lowest BCUT2D eigenvalue weighted by Gasteiger charge is -2.10. The van der Waals surface area contributed by atoms with Crippen LogP contribution in [0.15, 0.2) is 73.0 Å². The van der Waals surface area contributed by atoms with Gasteiger partial charge in [-0.15, -0.1) is 0 Å². The summed E-state index contributed by atoms with van der Waals surface area (Å²) in [4.78, 5) is 24.7. The quantitative estimate of drug-likeness (QED) is 0.533. The summed E-state index contributed by atoms with van der Waals surface area (Å²) in [6, 6.07) is 19.7. The van der Waals surface area contributed by atoms with Crippen molar-refractivity contribution in [2.45, 2.75) is 12.5 Å². The Labute approximate surface area is 172 Å². The molecule has 0 saturated carbocycles. The van der Waals surface area contributed by atoms with Crippen LogP contribution in [0, 0.1) is 0 Å². The summed E-state index contributed by atoms with van der Waals surface area (Å²) in [5.41, 5.74) is 3.07. The topological polar surface area (TPSA) is 84.1 Å². The lowest BCUT2D eigenvalue weighted by atomic mass is 10.0. The molecule has 1 atom stereocenters. The van der Waals surface area contributed by atoms with Gasteiger partial charge in [-0.3, -0.25) is 14.7 Å². The van der Waals surface area contributed by atoms with Crippen molar-refractivity contribution in [2.24, 2.45) is 0 Å². The minimum absolute atomic E-state index is 0.0634. The van der Waals surface area contributed by atoms with Gasteiger partial charge in [0, 0.05) is 22.9 Å². The van der Waals surface area contributed by atoms with E-state index < -0.39 is 6.10 Å². The molecule has 1 aliphatic heterocycles. The number of hydrogen-bond acceptors (Lipinski definition) is 4. The van der Waals surface area contributed by atoms with E-state index in [0.29, 0.717) is 12.0 Å². The van der Waals surface area contributed by atoms with E-state index in [2.05, 4.69) is 39.8 Å². The van der Waals surface area contributed by atoms with E-state index in [9.17, 15) is 9.59 Å². The Bertz CT molecular complexity index is 1300. The van der Waals surface area contributed by atoms with Crippen LogP contribution in [0.5, 0.6) is 0 Å². The number of carbonyl (C=O) groups is 2. The van der Waals surface area contributed by atoms with E-state index in [-0.39, 0.29) is 18.2 Å². The molecule has 1 aliphatic rings. The number of fused-ring (bicyclic) bond motifs is 2. The number of amides is 1. The Hall–Kier alpha value is -3.93. The SMILES string of the molecule is O=C(NCC(=O)C1CC=CO1)c1ccc2[nH]nc(-c3ccc4ccccc4c3)c2c1. The Morgan fingerprint density at radius 3 is 2.77 bits per heavy atom. The van der Waals surface area contributed by atoms with E-state index >= 15 is 0 Å². The number of carbonyl (C=O) groups excluding carboxylic acids is 2. The molecule has 148 valence electrons. The average Bonchev–Trinajstić information content (AvgIpc) is 3.46. The molecule has 1 amide bonds. The third kappa shape index (κ3) is 3.33. The zero-order valence-corrected chi connectivity index (χ0v) is 16.1. The van der Waals surface area contributed by atoms with Crippen LogP contribution in [0.1, 0.15) is 16.8 Å². The second-order valence-electron chi connectivity index (χ2n) is 7.28. The molecule has 0 fully saturated rings. The van der Waals surface area contributed by atoms with Crippen molar-refractivity contribution in [1.82, 2.24) is 15.5 Å². The molecule has 0 radical (unpaired) electrons. The summed E-state index contributed by atoms with van der Waals surface area (Å²) in [5.74, 6) is -0.448. The van der Waals surface area contributed by atoms with Crippen molar-refractivity contribution in [2.75, 3.05) is 6.54 Å². The second-order valence-corrected chi connectivity index (χ2v) is 7.28. The van der Waals surface area contributed by atoms with Gasteiger partial charge in [0.15, 0.2) is 11.9 Å².